The first-order valence-electron chi connectivity index (χ1n) is 8.56. The number of alkyl halides is 3. The Labute approximate surface area is 173 Å². The van der Waals surface area contributed by atoms with Gasteiger partial charge in [-0.25, -0.2) is 0 Å². The number of rotatable bonds is 5. The number of carbonyl (C=O) groups excluding carboxylic acids is 2. The van der Waals surface area contributed by atoms with Crippen LogP contribution in [0.1, 0.15) is 17.5 Å². The fraction of sp³-hybridized carbons (Fsp3) is 0.158. The summed E-state index contributed by atoms with van der Waals surface area (Å²) >= 11 is 0.937. The summed E-state index contributed by atoms with van der Waals surface area (Å²) in [7, 11) is 0. The van der Waals surface area contributed by atoms with Gasteiger partial charge >= 0.3 is 6.18 Å². The molecule has 30 heavy (non-hydrogen) atoms. The second kappa shape index (κ2) is 8.99. The number of amidine groups is 1. The summed E-state index contributed by atoms with van der Waals surface area (Å²) in [6.45, 7) is 0. The van der Waals surface area contributed by atoms with Gasteiger partial charge in [0, 0.05) is 12.0 Å². The van der Waals surface area contributed by atoms with Crippen LogP contribution in [0.15, 0.2) is 58.7 Å². The summed E-state index contributed by atoms with van der Waals surface area (Å²) in [5.74, 6) is -1.23. The van der Waals surface area contributed by atoms with Crippen molar-refractivity contribution in [2.45, 2.75) is 17.8 Å². The molecule has 2 aromatic carbocycles. The molecule has 0 radical (unpaired) electrons. The number of aromatic hydroxyl groups is 1. The zero-order valence-electron chi connectivity index (χ0n) is 15.2. The third kappa shape index (κ3) is 5.38. The van der Waals surface area contributed by atoms with E-state index < -0.39 is 28.8 Å². The zero-order chi connectivity index (χ0) is 21.7. The maximum Gasteiger partial charge on any atom is 0.418 e. The summed E-state index contributed by atoms with van der Waals surface area (Å²) in [5.41, 5.74) is -0.919. The lowest BCUT2D eigenvalue weighted by Gasteiger charge is -2.14. The van der Waals surface area contributed by atoms with E-state index in [0.717, 1.165) is 23.9 Å². The predicted octanol–water partition coefficient (Wildman–Crippen LogP) is 3.36. The quantitative estimate of drug-likeness (QED) is 0.494. The molecule has 0 bridgehead atoms. The van der Waals surface area contributed by atoms with Gasteiger partial charge in [0.1, 0.15) is 11.0 Å². The first-order valence-corrected chi connectivity index (χ1v) is 9.44. The fourth-order valence-corrected chi connectivity index (χ4v) is 3.46. The van der Waals surface area contributed by atoms with Crippen LogP contribution in [0.5, 0.6) is 5.75 Å². The lowest BCUT2D eigenvalue weighted by molar-refractivity contribution is -0.137. The Morgan fingerprint density at radius 3 is 2.63 bits per heavy atom. The molecule has 0 unspecified atom stereocenters. The van der Waals surface area contributed by atoms with Crippen molar-refractivity contribution in [3.8, 4) is 5.75 Å². The highest BCUT2D eigenvalue weighted by molar-refractivity contribution is 8.15. The number of halogens is 3. The summed E-state index contributed by atoms with van der Waals surface area (Å²) in [4.78, 5) is 24.2. The average Bonchev–Trinajstić information content (AvgIpc) is 3.02. The van der Waals surface area contributed by atoms with Crippen LogP contribution >= 0.6 is 11.8 Å². The van der Waals surface area contributed by atoms with Gasteiger partial charge in [-0.15, -0.1) is 5.10 Å². The third-order valence-electron chi connectivity index (χ3n) is 3.94. The molecule has 0 spiro atoms. The molecule has 0 aliphatic carbocycles. The average molecular weight is 436 g/mol. The van der Waals surface area contributed by atoms with Crippen LogP contribution in [0.3, 0.4) is 0 Å². The fourth-order valence-electron chi connectivity index (χ4n) is 2.54. The van der Waals surface area contributed by atoms with Crippen molar-refractivity contribution in [3.05, 3.63) is 59.7 Å². The van der Waals surface area contributed by atoms with Gasteiger partial charge < -0.3 is 15.7 Å². The molecule has 1 atom stereocenters. The lowest BCUT2D eigenvalue weighted by atomic mass is 10.1. The standard InChI is InChI=1S/C19H15F3N4O3S/c20-19(21,22)12-6-2-3-7-13(12)24-16(28)9-15-17(29)25-18(30-15)26-23-10-11-5-1-4-8-14(11)27/h1-8,10,15,27H,9H2,(H,24,28)(H,25,26,29)/b23-10+/t15-/m0/s1. The molecular formula is C19H15F3N4O3S. The van der Waals surface area contributed by atoms with E-state index in [0.29, 0.717) is 5.56 Å². The summed E-state index contributed by atoms with van der Waals surface area (Å²) in [5, 5.41) is 21.2. The van der Waals surface area contributed by atoms with Gasteiger partial charge in [-0.2, -0.15) is 18.3 Å². The van der Waals surface area contributed by atoms with Gasteiger partial charge in [0.2, 0.25) is 11.8 Å². The largest absolute Gasteiger partial charge is 0.507 e. The van der Waals surface area contributed by atoms with Crippen LogP contribution < -0.4 is 10.6 Å². The molecule has 156 valence electrons. The summed E-state index contributed by atoms with van der Waals surface area (Å²) in [6, 6.07) is 11.0. The van der Waals surface area contributed by atoms with Crippen molar-refractivity contribution >= 4 is 40.6 Å². The minimum atomic E-state index is -4.62. The minimum absolute atomic E-state index is 0.0123. The smallest absolute Gasteiger partial charge is 0.418 e. The molecule has 0 saturated carbocycles. The van der Waals surface area contributed by atoms with E-state index in [9.17, 15) is 27.9 Å². The lowest BCUT2D eigenvalue weighted by Crippen LogP contribution is -2.28. The van der Waals surface area contributed by atoms with Crippen LogP contribution in [0.4, 0.5) is 18.9 Å². The molecule has 0 aromatic heterocycles. The topological polar surface area (TPSA) is 103 Å². The Bertz CT molecular complexity index is 1020. The highest BCUT2D eigenvalue weighted by Crippen LogP contribution is 2.34. The first kappa shape index (κ1) is 21.4. The van der Waals surface area contributed by atoms with Crippen molar-refractivity contribution in [2.75, 3.05) is 5.32 Å². The van der Waals surface area contributed by atoms with E-state index in [4.69, 9.17) is 0 Å². The molecule has 11 heteroatoms. The monoisotopic (exact) mass is 436 g/mol. The molecule has 3 N–H and O–H groups in total. The van der Waals surface area contributed by atoms with E-state index in [-0.39, 0.29) is 23.0 Å². The Hall–Kier alpha value is -3.34. The van der Waals surface area contributed by atoms with Crippen LogP contribution in [-0.2, 0) is 15.8 Å². The SMILES string of the molecule is O=C(C[C@@H]1S/C(=N/N=C/c2ccccc2O)NC1=O)Nc1ccccc1C(F)(F)F. The van der Waals surface area contributed by atoms with E-state index in [1.165, 1.54) is 24.4 Å². The normalized spacial score (nSPS) is 18.0. The highest BCUT2D eigenvalue weighted by atomic mass is 32.2. The van der Waals surface area contributed by atoms with E-state index in [1.807, 2.05) is 0 Å². The van der Waals surface area contributed by atoms with Crippen LogP contribution in [0.2, 0.25) is 0 Å². The number of benzene rings is 2. The zero-order valence-corrected chi connectivity index (χ0v) is 16.0. The Balaban J connectivity index is 1.61. The molecule has 1 heterocycles. The number of phenolic OH excluding ortho intramolecular Hbond substituents is 1. The van der Waals surface area contributed by atoms with Gasteiger partial charge in [0.15, 0.2) is 5.17 Å². The van der Waals surface area contributed by atoms with Crippen LogP contribution in [0, 0.1) is 0 Å². The molecule has 2 aromatic rings. The molecule has 3 rings (SSSR count). The molecule has 1 aliphatic rings. The molecular weight excluding hydrogens is 421 g/mol. The van der Waals surface area contributed by atoms with Gasteiger partial charge in [-0.1, -0.05) is 36.0 Å². The number of nitrogens with one attached hydrogen (secondary N) is 2. The van der Waals surface area contributed by atoms with E-state index in [2.05, 4.69) is 20.8 Å². The Kier molecular flexibility index (Phi) is 6.40. The van der Waals surface area contributed by atoms with Crippen LogP contribution in [-0.4, -0.2) is 33.6 Å². The molecule has 1 aliphatic heterocycles. The number of amides is 2. The number of para-hydroxylation sites is 2. The van der Waals surface area contributed by atoms with E-state index in [1.54, 1.807) is 18.2 Å². The maximum absolute atomic E-state index is 13.0. The number of phenols is 1. The number of hydrogen-bond acceptors (Lipinski definition) is 6. The minimum Gasteiger partial charge on any atom is -0.507 e. The van der Waals surface area contributed by atoms with Gasteiger partial charge in [0.05, 0.1) is 17.5 Å². The molecule has 7 nitrogen and oxygen atoms in total. The predicted molar refractivity (Wildman–Crippen MR) is 107 cm³/mol. The Morgan fingerprint density at radius 2 is 1.90 bits per heavy atom. The van der Waals surface area contributed by atoms with E-state index >= 15 is 0 Å². The maximum atomic E-state index is 13.0. The Morgan fingerprint density at radius 1 is 1.20 bits per heavy atom. The summed E-state index contributed by atoms with van der Waals surface area (Å²) < 4.78 is 39.1. The summed E-state index contributed by atoms with van der Waals surface area (Å²) in [6.07, 6.45) is -3.66. The van der Waals surface area contributed by atoms with Crippen molar-refractivity contribution in [1.29, 1.82) is 0 Å². The number of thioether (sulfide) groups is 1. The van der Waals surface area contributed by atoms with Crippen molar-refractivity contribution < 1.29 is 27.9 Å². The third-order valence-corrected chi connectivity index (χ3v) is 5.01. The van der Waals surface area contributed by atoms with Crippen molar-refractivity contribution in [1.82, 2.24) is 5.32 Å². The number of hydrogen-bond donors (Lipinski definition) is 3. The molecule has 1 saturated heterocycles. The van der Waals surface area contributed by atoms with Gasteiger partial charge in [-0.3, -0.25) is 9.59 Å². The second-order valence-corrected chi connectivity index (χ2v) is 7.29. The highest BCUT2D eigenvalue weighted by Gasteiger charge is 2.35. The number of nitrogens with zero attached hydrogens (tertiary/aromatic N) is 2. The number of carbonyl (C=O) groups is 2. The van der Waals surface area contributed by atoms with Crippen LogP contribution in [0.25, 0.3) is 0 Å². The second-order valence-electron chi connectivity index (χ2n) is 6.10. The van der Waals surface area contributed by atoms with Gasteiger partial charge in [-0.05, 0) is 24.3 Å². The van der Waals surface area contributed by atoms with Gasteiger partial charge in [0.25, 0.3) is 0 Å². The number of anilines is 1. The van der Waals surface area contributed by atoms with Crippen molar-refractivity contribution in [3.63, 3.8) is 0 Å². The molecule has 2 amide bonds. The first-order chi connectivity index (χ1) is 14.2. The van der Waals surface area contributed by atoms with Crippen molar-refractivity contribution in [2.24, 2.45) is 10.2 Å². The molecule has 1 fully saturated rings.